The van der Waals surface area contributed by atoms with Gasteiger partial charge in [-0.15, -0.1) is 11.8 Å². The third-order valence-electron chi connectivity index (χ3n) is 3.11. The Hall–Kier alpha value is -1.93. The molecule has 2 N–H and O–H groups in total. The molecule has 0 aliphatic heterocycles. The summed E-state index contributed by atoms with van der Waals surface area (Å²) in [6.07, 6.45) is 0. The van der Waals surface area contributed by atoms with Crippen LogP contribution < -0.4 is 5.73 Å². The van der Waals surface area contributed by atoms with Crippen molar-refractivity contribution < 1.29 is 0 Å². The SMILES string of the molecule is Nc1ccc(CSc2ccc3ccccc3c2)cc1. The van der Waals surface area contributed by atoms with Crippen LogP contribution in [-0.2, 0) is 5.75 Å². The maximum Gasteiger partial charge on any atom is 0.0314 e. The molecule has 0 spiro atoms. The van der Waals surface area contributed by atoms with Gasteiger partial charge in [-0.3, -0.25) is 0 Å². The Morgan fingerprint density at radius 1 is 0.789 bits per heavy atom. The van der Waals surface area contributed by atoms with Crippen molar-refractivity contribution in [3.63, 3.8) is 0 Å². The van der Waals surface area contributed by atoms with Crippen LogP contribution in [0.1, 0.15) is 5.56 Å². The lowest BCUT2D eigenvalue weighted by Crippen LogP contribution is -1.85. The van der Waals surface area contributed by atoms with Gasteiger partial charge in [-0.1, -0.05) is 42.5 Å². The third kappa shape index (κ3) is 2.91. The third-order valence-corrected chi connectivity index (χ3v) is 4.17. The summed E-state index contributed by atoms with van der Waals surface area (Å²) in [6, 6.07) is 23.1. The molecule has 0 bridgehead atoms. The molecule has 0 saturated carbocycles. The summed E-state index contributed by atoms with van der Waals surface area (Å²) in [4.78, 5) is 1.30. The van der Waals surface area contributed by atoms with Crippen molar-refractivity contribution >= 4 is 28.2 Å². The predicted octanol–water partition coefficient (Wildman–Crippen LogP) is 4.71. The second kappa shape index (κ2) is 5.37. The fourth-order valence-corrected chi connectivity index (χ4v) is 2.94. The van der Waals surface area contributed by atoms with Crippen LogP contribution in [0.4, 0.5) is 5.69 Å². The van der Waals surface area contributed by atoms with Crippen molar-refractivity contribution in [2.24, 2.45) is 0 Å². The molecule has 2 heteroatoms. The second-order valence-electron chi connectivity index (χ2n) is 4.54. The Bertz CT molecular complexity index is 689. The summed E-state index contributed by atoms with van der Waals surface area (Å²) in [5.74, 6) is 0.971. The minimum atomic E-state index is 0.819. The number of benzene rings is 3. The number of anilines is 1. The van der Waals surface area contributed by atoms with Gasteiger partial charge in [-0.05, 0) is 40.6 Å². The first kappa shape index (κ1) is 12.1. The van der Waals surface area contributed by atoms with Crippen LogP contribution >= 0.6 is 11.8 Å². The van der Waals surface area contributed by atoms with Crippen molar-refractivity contribution in [1.29, 1.82) is 0 Å². The van der Waals surface area contributed by atoms with Crippen LogP contribution in [0.25, 0.3) is 10.8 Å². The van der Waals surface area contributed by atoms with E-state index in [-0.39, 0.29) is 0 Å². The first-order chi connectivity index (χ1) is 9.31. The topological polar surface area (TPSA) is 26.0 Å². The monoisotopic (exact) mass is 265 g/mol. The van der Waals surface area contributed by atoms with Crippen molar-refractivity contribution in [2.45, 2.75) is 10.6 Å². The van der Waals surface area contributed by atoms with E-state index in [2.05, 4.69) is 54.6 Å². The Kier molecular flexibility index (Phi) is 3.43. The van der Waals surface area contributed by atoms with Gasteiger partial charge < -0.3 is 5.73 Å². The van der Waals surface area contributed by atoms with Crippen LogP contribution in [0.15, 0.2) is 71.6 Å². The highest BCUT2D eigenvalue weighted by Gasteiger charge is 1.98. The van der Waals surface area contributed by atoms with E-state index in [1.165, 1.54) is 21.2 Å². The van der Waals surface area contributed by atoms with Crippen LogP contribution in [0.5, 0.6) is 0 Å². The standard InChI is InChI=1S/C17H15NS/c18-16-8-5-13(6-9-16)12-19-17-10-7-14-3-1-2-4-15(14)11-17/h1-11H,12,18H2. The molecular weight excluding hydrogens is 250 g/mol. The molecule has 0 aromatic heterocycles. The first-order valence-corrected chi connectivity index (χ1v) is 7.26. The highest BCUT2D eigenvalue weighted by Crippen LogP contribution is 2.26. The minimum absolute atomic E-state index is 0.819. The molecule has 0 amide bonds. The molecule has 0 unspecified atom stereocenters. The van der Waals surface area contributed by atoms with Gasteiger partial charge in [-0.25, -0.2) is 0 Å². The first-order valence-electron chi connectivity index (χ1n) is 6.27. The summed E-state index contributed by atoms with van der Waals surface area (Å²) in [7, 11) is 0. The van der Waals surface area contributed by atoms with E-state index in [1.807, 2.05) is 23.9 Å². The van der Waals surface area contributed by atoms with Gasteiger partial charge in [0.15, 0.2) is 0 Å². The van der Waals surface area contributed by atoms with E-state index in [1.54, 1.807) is 0 Å². The van der Waals surface area contributed by atoms with Crippen molar-refractivity contribution in [3.05, 3.63) is 72.3 Å². The van der Waals surface area contributed by atoms with Crippen LogP contribution in [0.3, 0.4) is 0 Å². The van der Waals surface area contributed by atoms with Crippen molar-refractivity contribution in [1.82, 2.24) is 0 Å². The normalized spacial score (nSPS) is 10.7. The summed E-state index contributed by atoms with van der Waals surface area (Å²) in [6.45, 7) is 0. The van der Waals surface area contributed by atoms with E-state index in [0.29, 0.717) is 0 Å². The fraction of sp³-hybridized carbons (Fsp3) is 0.0588. The number of hydrogen-bond acceptors (Lipinski definition) is 2. The lowest BCUT2D eigenvalue weighted by Gasteiger charge is -2.04. The summed E-state index contributed by atoms with van der Waals surface area (Å²) in [5.41, 5.74) is 7.81. The number of nitrogens with two attached hydrogens (primary N) is 1. The lowest BCUT2D eigenvalue weighted by molar-refractivity contribution is 1.39. The molecule has 0 heterocycles. The van der Waals surface area contributed by atoms with Crippen LogP contribution in [-0.4, -0.2) is 0 Å². The molecule has 0 fully saturated rings. The van der Waals surface area contributed by atoms with Gasteiger partial charge in [0.25, 0.3) is 0 Å². The zero-order chi connectivity index (χ0) is 13.1. The molecule has 0 atom stereocenters. The van der Waals surface area contributed by atoms with E-state index >= 15 is 0 Å². The zero-order valence-electron chi connectivity index (χ0n) is 10.5. The smallest absolute Gasteiger partial charge is 0.0314 e. The molecule has 3 rings (SSSR count). The summed E-state index contributed by atoms with van der Waals surface area (Å²) in [5, 5.41) is 2.59. The number of nitrogen functional groups attached to an aromatic ring is 1. The molecule has 3 aromatic rings. The molecule has 0 saturated heterocycles. The highest BCUT2D eigenvalue weighted by molar-refractivity contribution is 7.98. The highest BCUT2D eigenvalue weighted by atomic mass is 32.2. The van der Waals surface area contributed by atoms with Gasteiger partial charge in [0.1, 0.15) is 0 Å². The number of rotatable bonds is 3. The van der Waals surface area contributed by atoms with Gasteiger partial charge in [0, 0.05) is 16.3 Å². The maximum absolute atomic E-state index is 5.69. The Labute approximate surface area is 117 Å². The molecule has 1 nitrogen and oxygen atoms in total. The average Bonchev–Trinajstić information content (AvgIpc) is 2.46. The van der Waals surface area contributed by atoms with Gasteiger partial charge >= 0.3 is 0 Å². The second-order valence-corrected chi connectivity index (χ2v) is 5.59. The van der Waals surface area contributed by atoms with Gasteiger partial charge in [0.05, 0.1) is 0 Å². The molecule has 94 valence electrons. The Balaban J connectivity index is 1.76. The largest absolute Gasteiger partial charge is 0.399 e. The summed E-state index contributed by atoms with van der Waals surface area (Å²) < 4.78 is 0. The van der Waals surface area contributed by atoms with Gasteiger partial charge in [-0.2, -0.15) is 0 Å². The Morgan fingerprint density at radius 3 is 2.32 bits per heavy atom. The van der Waals surface area contributed by atoms with Crippen LogP contribution in [0, 0.1) is 0 Å². The Morgan fingerprint density at radius 2 is 1.53 bits per heavy atom. The summed E-state index contributed by atoms with van der Waals surface area (Å²) >= 11 is 1.85. The average molecular weight is 265 g/mol. The van der Waals surface area contributed by atoms with Crippen molar-refractivity contribution in [3.8, 4) is 0 Å². The van der Waals surface area contributed by atoms with Gasteiger partial charge in [0.2, 0.25) is 0 Å². The lowest BCUT2D eigenvalue weighted by atomic mass is 10.1. The molecule has 0 radical (unpaired) electrons. The van der Waals surface area contributed by atoms with E-state index in [0.717, 1.165) is 11.4 Å². The fourth-order valence-electron chi connectivity index (χ4n) is 2.04. The number of hydrogen-bond donors (Lipinski definition) is 1. The molecule has 0 aliphatic carbocycles. The quantitative estimate of drug-likeness (QED) is 0.548. The molecule has 19 heavy (non-hydrogen) atoms. The predicted molar refractivity (Wildman–Crippen MR) is 84.4 cm³/mol. The van der Waals surface area contributed by atoms with E-state index in [9.17, 15) is 0 Å². The number of thioether (sulfide) groups is 1. The molecular formula is C17H15NS. The maximum atomic E-state index is 5.69. The molecule has 0 aliphatic rings. The van der Waals surface area contributed by atoms with Crippen molar-refractivity contribution in [2.75, 3.05) is 5.73 Å². The van der Waals surface area contributed by atoms with E-state index < -0.39 is 0 Å². The number of fused-ring (bicyclic) bond motifs is 1. The minimum Gasteiger partial charge on any atom is -0.399 e. The molecule has 3 aromatic carbocycles. The van der Waals surface area contributed by atoms with Crippen LogP contribution in [0.2, 0.25) is 0 Å². The van der Waals surface area contributed by atoms with E-state index in [4.69, 9.17) is 5.73 Å². The zero-order valence-corrected chi connectivity index (χ0v) is 11.4.